The van der Waals surface area contributed by atoms with Gasteiger partial charge in [-0.2, -0.15) is 0 Å². The third-order valence-corrected chi connectivity index (χ3v) is 5.56. The van der Waals surface area contributed by atoms with Gasteiger partial charge in [-0.15, -0.1) is 16.4 Å². The van der Waals surface area contributed by atoms with E-state index < -0.39 is 0 Å². The van der Waals surface area contributed by atoms with Crippen LogP contribution in [0.5, 0.6) is 0 Å². The lowest BCUT2D eigenvalue weighted by Gasteiger charge is -2.10. The Morgan fingerprint density at radius 1 is 1.36 bits per heavy atom. The van der Waals surface area contributed by atoms with Crippen molar-refractivity contribution in [2.75, 3.05) is 0 Å². The zero-order valence-corrected chi connectivity index (χ0v) is 13.4. The molecule has 0 radical (unpaired) electrons. The maximum atomic E-state index is 12.0. The summed E-state index contributed by atoms with van der Waals surface area (Å²) in [7, 11) is 0. The van der Waals surface area contributed by atoms with Crippen molar-refractivity contribution >= 4 is 28.1 Å². The van der Waals surface area contributed by atoms with E-state index in [4.69, 9.17) is 0 Å². The molecular weight excluding hydrogens is 320 g/mol. The van der Waals surface area contributed by atoms with E-state index in [1.165, 1.54) is 35.9 Å². The van der Waals surface area contributed by atoms with Crippen LogP contribution in [-0.2, 0) is 5.75 Å². The largest absolute Gasteiger partial charge is 0.269 e. The Kier molecular flexibility index (Phi) is 3.67. The maximum Gasteiger partial charge on any atom is 0.258 e. The minimum Gasteiger partial charge on any atom is -0.269 e. The summed E-state index contributed by atoms with van der Waals surface area (Å²) >= 11 is 2.99. The first-order valence-electron chi connectivity index (χ1n) is 7.18. The van der Waals surface area contributed by atoms with Gasteiger partial charge in [0.05, 0.1) is 11.7 Å². The molecule has 0 amide bonds. The zero-order valence-electron chi connectivity index (χ0n) is 11.8. The topological polar surface area (TPSA) is 78.0 Å². The molecule has 1 fully saturated rings. The molecule has 1 saturated carbocycles. The third-order valence-electron chi connectivity index (χ3n) is 3.84. The van der Waals surface area contributed by atoms with E-state index in [1.54, 1.807) is 16.7 Å². The monoisotopic (exact) mass is 334 g/mol. The maximum absolute atomic E-state index is 12.0. The van der Waals surface area contributed by atoms with E-state index in [0.29, 0.717) is 11.8 Å². The Morgan fingerprint density at radius 2 is 2.23 bits per heavy atom. The van der Waals surface area contributed by atoms with E-state index in [9.17, 15) is 4.79 Å². The molecule has 0 unspecified atom stereocenters. The van der Waals surface area contributed by atoms with Crippen molar-refractivity contribution in [1.82, 2.24) is 29.6 Å². The molecule has 0 aliphatic heterocycles. The van der Waals surface area contributed by atoms with Crippen LogP contribution < -0.4 is 5.56 Å². The van der Waals surface area contributed by atoms with Gasteiger partial charge in [0.25, 0.3) is 5.56 Å². The number of aromatic nitrogens is 6. The standard InChI is InChI=1S/C13H14N6OS2/c20-11-7-9(14-12-18(11)5-6-21-12)8-22-13-15-16-17-19(13)10-3-1-2-4-10/h5-7,10H,1-4,8H2. The second-order valence-corrected chi connectivity index (χ2v) is 7.09. The summed E-state index contributed by atoms with van der Waals surface area (Å²) in [6, 6.07) is 1.99. The predicted molar refractivity (Wildman–Crippen MR) is 84.2 cm³/mol. The molecule has 0 aromatic carbocycles. The molecule has 0 bridgehead atoms. The first kappa shape index (κ1) is 13.9. The van der Waals surface area contributed by atoms with Gasteiger partial charge >= 0.3 is 0 Å². The fourth-order valence-corrected chi connectivity index (χ4v) is 4.33. The molecule has 3 aromatic rings. The van der Waals surface area contributed by atoms with Gasteiger partial charge in [-0.3, -0.25) is 9.20 Å². The van der Waals surface area contributed by atoms with Gasteiger partial charge in [0.2, 0.25) is 5.16 Å². The summed E-state index contributed by atoms with van der Waals surface area (Å²) in [6.45, 7) is 0. The Bertz CT molecular complexity index is 847. The van der Waals surface area contributed by atoms with E-state index in [-0.39, 0.29) is 5.56 Å². The molecule has 0 N–H and O–H groups in total. The van der Waals surface area contributed by atoms with E-state index in [0.717, 1.165) is 28.7 Å². The fraction of sp³-hybridized carbons (Fsp3) is 0.462. The molecular formula is C13H14N6OS2. The first-order chi connectivity index (χ1) is 10.8. The van der Waals surface area contributed by atoms with Gasteiger partial charge in [0.1, 0.15) is 0 Å². The van der Waals surface area contributed by atoms with Crippen LogP contribution in [0.1, 0.15) is 37.4 Å². The molecule has 1 aliphatic carbocycles. The van der Waals surface area contributed by atoms with Crippen LogP contribution in [0, 0.1) is 0 Å². The quantitative estimate of drug-likeness (QED) is 0.680. The summed E-state index contributed by atoms with van der Waals surface area (Å²) in [4.78, 5) is 17.2. The Balaban J connectivity index is 1.54. The Hall–Kier alpha value is -1.74. The van der Waals surface area contributed by atoms with Crippen LogP contribution >= 0.6 is 23.1 Å². The average Bonchev–Trinajstić information content (AvgIpc) is 3.24. The molecule has 3 heterocycles. The predicted octanol–water partition coefficient (Wildman–Crippen LogP) is 2.15. The van der Waals surface area contributed by atoms with Crippen molar-refractivity contribution in [3.8, 4) is 0 Å². The molecule has 0 atom stereocenters. The summed E-state index contributed by atoms with van der Waals surface area (Å²) in [6.07, 6.45) is 6.50. The van der Waals surface area contributed by atoms with Crippen molar-refractivity contribution in [1.29, 1.82) is 0 Å². The fourth-order valence-electron chi connectivity index (χ4n) is 2.76. The second-order valence-electron chi connectivity index (χ2n) is 5.27. The van der Waals surface area contributed by atoms with Crippen LogP contribution in [0.3, 0.4) is 0 Å². The second kappa shape index (κ2) is 5.81. The summed E-state index contributed by atoms with van der Waals surface area (Å²) in [5.74, 6) is 0.594. The smallest absolute Gasteiger partial charge is 0.258 e. The summed E-state index contributed by atoms with van der Waals surface area (Å²) in [5.41, 5.74) is 0.718. The normalized spacial score (nSPS) is 15.8. The van der Waals surface area contributed by atoms with Crippen LogP contribution in [0.4, 0.5) is 0 Å². The lowest BCUT2D eigenvalue weighted by atomic mass is 10.3. The molecule has 9 heteroatoms. The molecule has 4 rings (SSSR count). The number of tetrazole rings is 1. The number of rotatable bonds is 4. The molecule has 1 aliphatic rings. The van der Waals surface area contributed by atoms with Gasteiger partial charge in [-0.25, -0.2) is 9.67 Å². The number of hydrogen-bond donors (Lipinski definition) is 0. The van der Waals surface area contributed by atoms with E-state index in [2.05, 4.69) is 20.5 Å². The van der Waals surface area contributed by atoms with Crippen molar-refractivity contribution in [2.24, 2.45) is 0 Å². The van der Waals surface area contributed by atoms with E-state index in [1.807, 2.05) is 10.1 Å². The molecule has 3 aromatic heterocycles. The van der Waals surface area contributed by atoms with Gasteiger partial charge in [0.15, 0.2) is 4.96 Å². The van der Waals surface area contributed by atoms with Crippen molar-refractivity contribution in [2.45, 2.75) is 42.6 Å². The van der Waals surface area contributed by atoms with Crippen molar-refractivity contribution in [3.63, 3.8) is 0 Å². The minimum atomic E-state index is -0.0442. The number of nitrogens with zero attached hydrogens (tertiary/aromatic N) is 6. The van der Waals surface area contributed by atoms with Gasteiger partial charge in [0, 0.05) is 23.4 Å². The highest BCUT2D eigenvalue weighted by Gasteiger charge is 2.21. The lowest BCUT2D eigenvalue weighted by Crippen LogP contribution is -2.13. The van der Waals surface area contributed by atoms with Crippen molar-refractivity contribution < 1.29 is 0 Å². The highest BCUT2D eigenvalue weighted by Crippen LogP contribution is 2.32. The molecule has 0 saturated heterocycles. The SMILES string of the molecule is O=c1cc(CSc2nnnn2C2CCCC2)nc2sccn12. The summed E-state index contributed by atoms with van der Waals surface area (Å²) in [5, 5.41) is 14.7. The van der Waals surface area contributed by atoms with Crippen LogP contribution in [0.25, 0.3) is 4.96 Å². The molecule has 22 heavy (non-hydrogen) atoms. The highest BCUT2D eigenvalue weighted by molar-refractivity contribution is 7.98. The average molecular weight is 334 g/mol. The molecule has 0 spiro atoms. The Labute approximate surface area is 134 Å². The minimum absolute atomic E-state index is 0.0442. The van der Waals surface area contributed by atoms with Crippen LogP contribution in [0.2, 0.25) is 0 Å². The number of thioether (sulfide) groups is 1. The molecule has 7 nitrogen and oxygen atoms in total. The van der Waals surface area contributed by atoms with Crippen molar-refractivity contribution in [3.05, 3.63) is 33.7 Å². The number of hydrogen-bond acceptors (Lipinski definition) is 7. The number of thiazole rings is 1. The number of fused-ring (bicyclic) bond motifs is 1. The van der Waals surface area contributed by atoms with Crippen LogP contribution in [0.15, 0.2) is 27.6 Å². The van der Waals surface area contributed by atoms with Gasteiger partial charge in [-0.1, -0.05) is 24.6 Å². The lowest BCUT2D eigenvalue weighted by molar-refractivity contribution is 0.423. The molecule has 114 valence electrons. The Morgan fingerprint density at radius 3 is 3.09 bits per heavy atom. The van der Waals surface area contributed by atoms with Crippen LogP contribution in [-0.4, -0.2) is 29.6 Å². The first-order valence-corrected chi connectivity index (χ1v) is 9.04. The van der Waals surface area contributed by atoms with Gasteiger partial charge < -0.3 is 0 Å². The zero-order chi connectivity index (χ0) is 14.9. The highest BCUT2D eigenvalue weighted by atomic mass is 32.2. The van der Waals surface area contributed by atoms with Gasteiger partial charge in [-0.05, 0) is 23.3 Å². The van der Waals surface area contributed by atoms with E-state index >= 15 is 0 Å². The third kappa shape index (κ3) is 2.54. The summed E-state index contributed by atoms with van der Waals surface area (Å²) < 4.78 is 3.48.